The SMILES string of the molecule is O=C(Cn1c(=O)oc2ccccc21)N1CCC(N2CCc3sccc3C2)CC1. The van der Waals surface area contributed by atoms with Gasteiger partial charge in [-0.2, -0.15) is 0 Å². The fourth-order valence-corrected chi connectivity index (χ4v) is 5.35. The molecule has 0 N–H and O–H groups in total. The Balaban J connectivity index is 1.22. The summed E-state index contributed by atoms with van der Waals surface area (Å²) in [6.07, 6.45) is 3.13. The van der Waals surface area contributed by atoms with Crippen LogP contribution < -0.4 is 5.76 Å². The number of oxazole rings is 1. The monoisotopic (exact) mass is 397 g/mol. The van der Waals surface area contributed by atoms with Gasteiger partial charge in [0.05, 0.1) is 5.52 Å². The number of rotatable bonds is 3. The van der Waals surface area contributed by atoms with Crippen LogP contribution in [0.1, 0.15) is 23.3 Å². The Morgan fingerprint density at radius 3 is 2.82 bits per heavy atom. The van der Waals surface area contributed by atoms with Crippen molar-refractivity contribution >= 4 is 28.3 Å². The van der Waals surface area contributed by atoms with Crippen molar-refractivity contribution in [2.24, 2.45) is 0 Å². The zero-order valence-corrected chi connectivity index (χ0v) is 16.5. The maximum absolute atomic E-state index is 12.8. The minimum absolute atomic E-state index is 0.00846. The molecule has 2 aliphatic rings. The third-order valence-electron chi connectivity index (χ3n) is 6.04. The van der Waals surface area contributed by atoms with Gasteiger partial charge in [-0.3, -0.25) is 14.3 Å². The third-order valence-corrected chi connectivity index (χ3v) is 7.06. The first-order valence-electron chi connectivity index (χ1n) is 9.84. The van der Waals surface area contributed by atoms with Crippen molar-refractivity contribution in [3.05, 3.63) is 56.7 Å². The average molecular weight is 398 g/mol. The van der Waals surface area contributed by atoms with Crippen LogP contribution in [0.15, 0.2) is 44.9 Å². The molecule has 3 aromatic rings. The number of hydrogen-bond acceptors (Lipinski definition) is 5. The predicted molar refractivity (Wildman–Crippen MR) is 109 cm³/mol. The Morgan fingerprint density at radius 1 is 1.14 bits per heavy atom. The summed E-state index contributed by atoms with van der Waals surface area (Å²) in [5.41, 5.74) is 2.67. The zero-order valence-electron chi connectivity index (χ0n) is 15.7. The first kappa shape index (κ1) is 17.7. The number of nitrogens with zero attached hydrogens (tertiary/aromatic N) is 3. The lowest BCUT2D eigenvalue weighted by Crippen LogP contribution is -2.48. The highest BCUT2D eigenvalue weighted by Crippen LogP contribution is 2.28. The van der Waals surface area contributed by atoms with Crippen molar-refractivity contribution in [3.63, 3.8) is 0 Å². The molecule has 146 valence electrons. The summed E-state index contributed by atoms with van der Waals surface area (Å²) >= 11 is 1.87. The van der Waals surface area contributed by atoms with Crippen molar-refractivity contribution < 1.29 is 9.21 Å². The molecule has 6 nitrogen and oxygen atoms in total. The number of carbonyl (C=O) groups is 1. The van der Waals surface area contributed by atoms with E-state index in [1.165, 1.54) is 15.0 Å². The average Bonchev–Trinajstić information content (AvgIpc) is 3.32. The van der Waals surface area contributed by atoms with Gasteiger partial charge in [0.25, 0.3) is 0 Å². The molecule has 4 heterocycles. The van der Waals surface area contributed by atoms with Crippen LogP contribution in [0.4, 0.5) is 0 Å². The predicted octanol–water partition coefficient (Wildman–Crippen LogP) is 2.71. The van der Waals surface area contributed by atoms with E-state index >= 15 is 0 Å². The molecule has 0 spiro atoms. The van der Waals surface area contributed by atoms with E-state index in [0.29, 0.717) is 17.1 Å². The summed E-state index contributed by atoms with van der Waals surface area (Å²) in [4.78, 5) is 30.9. The van der Waals surface area contributed by atoms with Crippen molar-refractivity contribution in [1.29, 1.82) is 0 Å². The Kier molecular flexibility index (Phi) is 4.56. The van der Waals surface area contributed by atoms with Crippen LogP contribution in [-0.2, 0) is 24.3 Å². The van der Waals surface area contributed by atoms with Crippen LogP contribution in [-0.4, -0.2) is 46.0 Å². The number of benzene rings is 1. The molecule has 5 rings (SSSR count). The molecule has 1 aromatic carbocycles. The van der Waals surface area contributed by atoms with E-state index in [9.17, 15) is 9.59 Å². The number of piperidine rings is 1. The van der Waals surface area contributed by atoms with Crippen molar-refractivity contribution in [3.8, 4) is 0 Å². The van der Waals surface area contributed by atoms with E-state index in [2.05, 4.69) is 16.3 Å². The largest absolute Gasteiger partial charge is 0.420 e. The molecule has 2 aliphatic heterocycles. The molecular weight excluding hydrogens is 374 g/mol. The fraction of sp³-hybridized carbons (Fsp3) is 0.429. The van der Waals surface area contributed by atoms with Gasteiger partial charge in [-0.25, -0.2) is 4.79 Å². The standard InChI is InChI=1S/C21H23N3O3S/c25-20(14-24-17-3-1-2-4-18(17)27-21(24)26)22-9-5-16(6-10-22)23-11-7-19-15(13-23)8-12-28-19/h1-4,8,12,16H,5-7,9-11,13-14H2. The second-order valence-electron chi connectivity index (χ2n) is 7.62. The number of para-hydroxylation sites is 2. The van der Waals surface area contributed by atoms with Gasteiger partial charge in [-0.15, -0.1) is 11.3 Å². The number of likely N-dealkylation sites (tertiary alicyclic amines) is 1. The van der Waals surface area contributed by atoms with E-state index in [1.54, 1.807) is 6.07 Å². The number of amides is 1. The molecule has 1 amide bonds. The minimum Gasteiger partial charge on any atom is -0.408 e. The molecule has 0 saturated carbocycles. The molecule has 7 heteroatoms. The van der Waals surface area contributed by atoms with Gasteiger partial charge < -0.3 is 9.32 Å². The van der Waals surface area contributed by atoms with Gasteiger partial charge in [0.15, 0.2) is 5.58 Å². The maximum atomic E-state index is 12.8. The van der Waals surface area contributed by atoms with E-state index in [0.717, 1.165) is 45.4 Å². The molecular formula is C21H23N3O3S. The van der Waals surface area contributed by atoms with Crippen LogP contribution in [0.3, 0.4) is 0 Å². The molecule has 0 radical (unpaired) electrons. The second-order valence-corrected chi connectivity index (χ2v) is 8.62. The van der Waals surface area contributed by atoms with Gasteiger partial charge in [0.1, 0.15) is 6.54 Å². The van der Waals surface area contributed by atoms with Crippen LogP contribution in [0.5, 0.6) is 0 Å². The van der Waals surface area contributed by atoms with Crippen molar-refractivity contribution in [2.75, 3.05) is 19.6 Å². The van der Waals surface area contributed by atoms with Gasteiger partial charge in [0, 0.05) is 37.1 Å². The molecule has 0 unspecified atom stereocenters. The number of thiophene rings is 1. The number of aromatic nitrogens is 1. The minimum atomic E-state index is -0.468. The highest BCUT2D eigenvalue weighted by atomic mass is 32.1. The summed E-state index contributed by atoms with van der Waals surface area (Å²) in [5.74, 6) is -0.477. The molecule has 1 saturated heterocycles. The summed E-state index contributed by atoms with van der Waals surface area (Å²) < 4.78 is 6.67. The van der Waals surface area contributed by atoms with E-state index in [1.807, 2.05) is 34.4 Å². The Hall–Kier alpha value is -2.38. The van der Waals surface area contributed by atoms with Crippen LogP contribution in [0, 0.1) is 0 Å². The lowest BCUT2D eigenvalue weighted by Gasteiger charge is -2.40. The van der Waals surface area contributed by atoms with Gasteiger partial charge in [-0.1, -0.05) is 12.1 Å². The highest BCUT2D eigenvalue weighted by Gasteiger charge is 2.29. The molecule has 0 bridgehead atoms. The Morgan fingerprint density at radius 2 is 1.96 bits per heavy atom. The quantitative estimate of drug-likeness (QED) is 0.682. The Labute approximate surface area is 167 Å². The first-order valence-corrected chi connectivity index (χ1v) is 10.7. The van der Waals surface area contributed by atoms with Crippen molar-refractivity contribution in [1.82, 2.24) is 14.4 Å². The first-order chi connectivity index (χ1) is 13.7. The molecule has 0 atom stereocenters. The fourth-order valence-electron chi connectivity index (χ4n) is 4.46. The summed E-state index contributed by atoms with van der Waals surface area (Å²) in [7, 11) is 0. The topological polar surface area (TPSA) is 58.7 Å². The lowest BCUT2D eigenvalue weighted by molar-refractivity contribution is -0.133. The third kappa shape index (κ3) is 3.18. The lowest BCUT2D eigenvalue weighted by atomic mass is 9.99. The van der Waals surface area contributed by atoms with Gasteiger partial charge in [0.2, 0.25) is 5.91 Å². The molecule has 0 aliphatic carbocycles. The number of carbonyl (C=O) groups excluding carboxylic acids is 1. The normalized spacial score (nSPS) is 18.5. The van der Waals surface area contributed by atoms with Crippen molar-refractivity contribution in [2.45, 2.75) is 38.4 Å². The molecule has 1 fully saturated rings. The van der Waals surface area contributed by atoms with E-state index in [4.69, 9.17) is 4.42 Å². The van der Waals surface area contributed by atoms with E-state index in [-0.39, 0.29) is 12.5 Å². The summed E-state index contributed by atoms with van der Waals surface area (Å²) in [6.45, 7) is 3.70. The molecule has 28 heavy (non-hydrogen) atoms. The molecule has 2 aromatic heterocycles. The second kappa shape index (κ2) is 7.22. The summed E-state index contributed by atoms with van der Waals surface area (Å²) in [5, 5.41) is 2.19. The zero-order chi connectivity index (χ0) is 19.1. The van der Waals surface area contributed by atoms with Gasteiger partial charge >= 0.3 is 5.76 Å². The number of fused-ring (bicyclic) bond motifs is 2. The number of hydrogen-bond donors (Lipinski definition) is 0. The highest BCUT2D eigenvalue weighted by molar-refractivity contribution is 7.10. The summed E-state index contributed by atoms with van der Waals surface area (Å²) in [6, 6.07) is 10.0. The van der Waals surface area contributed by atoms with Crippen LogP contribution in [0.2, 0.25) is 0 Å². The van der Waals surface area contributed by atoms with E-state index < -0.39 is 5.76 Å². The van der Waals surface area contributed by atoms with Crippen LogP contribution in [0.25, 0.3) is 11.1 Å². The van der Waals surface area contributed by atoms with Crippen LogP contribution >= 0.6 is 11.3 Å². The maximum Gasteiger partial charge on any atom is 0.420 e. The Bertz CT molecular complexity index is 1060. The van der Waals surface area contributed by atoms with Gasteiger partial charge in [-0.05, 0) is 48.4 Å². The smallest absolute Gasteiger partial charge is 0.408 e.